The number of nitrogens with zero attached hydrogens (tertiary/aromatic N) is 2. The number of carbonyl (C=O) groups is 1. The highest BCUT2D eigenvalue weighted by Crippen LogP contribution is 2.22. The summed E-state index contributed by atoms with van der Waals surface area (Å²) in [4.78, 5) is 17.1. The van der Waals surface area contributed by atoms with E-state index in [1.54, 1.807) is 36.4 Å². The molecule has 0 saturated heterocycles. The normalized spacial score (nSPS) is 11.2. The maximum atomic E-state index is 12.6. The molecule has 7 nitrogen and oxygen atoms in total. The van der Waals surface area contributed by atoms with Crippen molar-refractivity contribution in [3.63, 3.8) is 0 Å². The molecule has 2 N–H and O–H groups in total. The summed E-state index contributed by atoms with van der Waals surface area (Å²) in [6.07, 6.45) is 1.08. The molecule has 30 heavy (non-hydrogen) atoms. The number of aromatic amines is 1. The van der Waals surface area contributed by atoms with Gasteiger partial charge in [0.15, 0.2) is 21.5 Å². The lowest BCUT2D eigenvalue weighted by Crippen LogP contribution is -2.15. The fraction of sp³-hybridized carbons (Fsp3) is 0.0455. The van der Waals surface area contributed by atoms with Gasteiger partial charge in [-0.2, -0.15) is 5.10 Å². The van der Waals surface area contributed by atoms with E-state index in [0.717, 1.165) is 17.4 Å². The highest BCUT2D eigenvalue weighted by atomic mass is 32.2. The largest absolute Gasteiger partial charge is 0.322 e. The first-order valence-corrected chi connectivity index (χ1v) is 11.0. The Morgan fingerprint density at radius 1 is 0.867 bits per heavy atom. The number of amides is 1. The number of hydrogen-bond donors (Lipinski definition) is 2. The third-order valence-electron chi connectivity index (χ3n) is 4.46. The Labute approximate surface area is 173 Å². The first kappa shape index (κ1) is 19.5. The van der Waals surface area contributed by atoms with Gasteiger partial charge in [0.1, 0.15) is 0 Å². The highest BCUT2D eigenvalue weighted by Gasteiger charge is 2.18. The number of hydrogen-bond acceptors (Lipinski definition) is 5. The van der Waals surface area contributed by atoms with E-state index in [4.69, 9.17) is 0 Å². The van der Waals surface area contributed by atoms with E-state index >= 15 is 0 Å². The Kier molecular flexibility index (Phi) is 5.16. The van der Waals surface area contributed by atoms with Crippen LogP contribution in [-0.2, 0) is 9.84 Å². The molecule has 3 aromatic carbocycles. The van der Waals surface area contributed by atoms with Gasteiger partial charge in [0.05, 0.1) is 10.5 Å². The second kappa shape index (κ2) is 7.92. The fourth-order valence-electron chi connectivity index (χ4n) is 2.99. The molecular formula is C22H18N4O3S. The van der Waals surface area contributed by atoms with Gasteiger partial charge in [-0.05, 0) is 36.4 Å². The number of nitrogens with one attached hydrogen (secondary N) is 2. The van der Waals surface area contributed by atoms with Crippen LogP contribution >= 0.6 is 0 Å². The smallest absolute Gasteiger partial charge is 0.256 e. The van der Waals surface area contributed by atoms with Crippen LogP contribution in [0.1, 0.15) is 10.4 Å². The lowest BCUT2D eigenvalue weighted by Gasteiger charge is -2.09. The molecule has 0 radical (unpaired) electrons. The van der Waals surface area contributed by atoms with E-state index in [0.29, 0.717) is 17.3 Å². The molecule has 0 unspecified atom stereocenters. The number of rotatable bonds is 5. The predicted octanol–water partition coefficient (Wildman–Crippen LogP) is 3.79. The molecule has 4 rings (SSSR count). The van der Waals surface area contributed by atoms with Crippen LogP contribution in [0.25, 0.3) is 22.8 Å². The summed E-state index contributed by atoms with van der Waals surface area (Å²) in [5.74, 6) is 0.712. The van der Waals surface area contributed by atoms with Crippen LogP contribution in [0.4, 0.5) is 5.69 Å². The molecule has 0 aliphatic rings. The SMILES string of the molecule is CS(=O)(=O)c1ccccc1C(=O)Nc1ccc(-c2nc(-c3ccccc3)n[nH]2)cc1. The molecule has 0 atom stereocenters. The van der Waals surface area contributed by atoms with Crippen molar-refractivity contribution in [3.8, 4) is 22.8 Å². The third-order valence-corrected chi connectivity index (χ3v) is 5.62. The van der Waals surface area contributed by atoms with E-state index in [-0.39, 0.29) is 10.5 Å². The third kappa shape index (κ3) is 4.13. The van der Waals surface area contributed by atoms with Crippen LogP contribution in [0.2, 0.25) is 0 Å². The van der Waals surface area contributed by atoms with Crippen molar-refractivity contribution >= 4 is 21.4 Å². The van der Waals surface area contributed by atoms with E-state index in [2.05, 4.69) is 20.5 Å². The van der Waals surface area contributed by atoms with Gasteiger partial charge in [-0.3, -0.25) is 9.89 Å². The van der Waals surface area contributed by atoms with Gasteiger partial charge in [-0.15, -0.1) is 0 Å². The molecule has 8 heteroatoms. The van der Waals surface area contributed by atoms with E-state index in [1.807, 2.05) is 30.3 Å². The van der Waals surface area contributed by atoms with E-state index in [1.165, 1.54) is 12.1 Å². The summed E-state index contributed by atoms with van der Waals surface area (Å²) in [6, 6.07) is 22.8. The molecule has 0 spiro atoms. The molecule has 0 aliphatic carbocycles. The van der Waals surface area contributed by atoms with Crippen molar-refractivity contribution in [2.75, 3.05) is 11.6 Å². The van der Waals surface area contributed by atoms with Crippen LogP contribution in [0.15, 0.2) is 83.8 Å². The Hall–Kier alpha value is -3.78. The zero-order valence-corrected chi connectivity index (χ0v) is 16.8. The Morgan fingerprint density at radius 2 is 1.53 bits per heavy atom. The van der Waals surface area contributed by atoms with Crippen molar-refractivity contribution in [2.45, 2.75) is 4.90 Å². The van der Waals surface area contributed by atoms with Crippen LogP contribution in [0.5, 0.6) is 0 Å². The molecule has 0 bridgehead atoms. The molecule has 150 valence electrons. The minimum Gasteiger partial charge on any atom is -0.322 e. The number of anilines is 1. The number of aromatic nitrogens is 3. The highest BCUT2D eigenvalue weighted by molar-refractivity contribution is 7.90. The average Bonchev–Trinajstić information content (AvgIpc) is 3.25. The Bertz CT molecular complexity index is 1300. The van der Waals surface area contributed by atoms with Crippen LogP contribution in [0.3, 0.4) is 0 Å². The van der Waals surface area contributed by atoms with Crippen LogP contribution < -0.4 is 5.32 Å². The quantitative estimate of drug-likeness (QED) is 0.513. The van der Waals surface area contributed by atoms with Gasteiger partial charge in [-0.25, -0.2) is 13.4 Å². The van der Waals surface area contributed by atoms with Crippen molar-refractivity contribution in [3.05, 3.63) is 84.4 Å². The molecule has 1 aromatic heterocycles. The van der Waals surface area contributed by atoms with Crippen LogP contribution in [-0.4, -0.2) is 35.8 Å². The second-order valence-electron chi connectivity index (χ2n) is 6.67. The van der Waals surface area contributed by atoms with Crippen molar-refractivity contribution < 1.29 is 13.2 Å². The van der Waals surface area contributed by atoms with Gasteiger partial charge in [0, 0.05) is 23.1 Å². The first-order valence-electron chi connectivity index (χ1n) is 9.10. The zero-order valence-electron chi connectivity index (χ0n) is 16.0. The minimum atomic E-state index is -3.51. The monoisotopic (exact) mass is 418 g/mol. The maximum absolute atomic E-state index is 12.6. The average molecular weight is 418 g/mol. The summed E-state index contributed by atoms with van der Waals surface area (Å²) in [7, 11) is -3.51. The van der Waals surface area contributed by atoms with Crippen molar-refractivity contribution in [2.24, 2.45) is 0 Å². The molecule has 1 amide bonds. The topological polar surface area (TPSA) is 105 Å². The van der Waals surface area contributed by atoms with Crippen LogP contribution in [0, 0.1) is 0 Å². The molecule has 1 heterocycles. The summed E-state index contributed by atoms with van der Waals surface area (Å²) in [5.41, 5.74) is 2.36. The van der Waals surface area contributed by atoms with Crippen molar-refractivity contribution in [1.82, 2.24) is 15.2 Å². The number of H-pyrrole nitrogens is 1. The lowest BCUT2D eigenvalue weighted by atomic mass is 10.1. The van der Waals surface area contributed by atoms with E-state index in [9.17, 15) is 13.2 Å². The number of sulfone groups is 1. The fourth-order valence-corrected chi connectivity index (χ4v) is 3.88. The summed E-state index contributed by atoms with van der Waals surface area (Å²) in [5, 5.41) is 9.89. The Balaban J connectivity index is 1.53. The predicted molar refractivity (Wildman–Crippen MR) is 115 cm³/mol. The van der Waals surface area contributed by atoms with Gasteiger partial charge in [-0.1, -0.05) is 42.5 Å². The molecule has 0 aliphatic heterocycles. The second-order valence-corrected chi connectivity index (χ2v) is 8.66. The first-order chi connectivity index (χ1) is 14.4. The Morgan fingerprint density at radius 3 is 2.23 bits per heavy atom. The molecule has 0 saturated carbocycles. The molecule has 4 aromatic rings. The molecule has 0 fully saturated rings. The van der Waals surface area contributed by atoms with Gasteiger partial charge in [0.25, 0.3) is 5.91 Å². The maximum Gasteiger partial charge on any atom is 0.256 e. The van der Waals surface area contributed by atoms with Gasteiger partial charge in [0.2, 0.25) is 0 Å². The van der Waals surface area contributed by atoms with Gasteiger partial charge >= 0.3 is 0 Å². The standard InChI is InChI=1S/C22H18N4O3S/c1-30(28,29)19-10-6-5-9-18(19)22(27)23-17-13-11-16(12-14-17)21-24-20(25-26-21)15-7-3-2-4-8-15/h2-14H,1H3,(H,23,27)(H,24,25,26). The zero-order chi connectivity index (χ0) is 21.1. The number of benzene rings is 3. The molecular weight excluding hydrogens is 400 g/mol. The lowest BCUT2D eigenvalue weighted by molar-refractivity contribution is 0.102. The minimum absolute atomic E-state index is 0.00535. The van der Waals surface area contributed by atoms with E-state index < -0.39 is 15.7 Å². The van der Waals surface area contributed by atoms with Gasteiger partial charge < -0.3 is 5.32 Å². The summed E-state index contributed by atoms with van der Waals surface area (Å²) >= 11 is 0. The number of carbonyl (C=O) groups excluding carboxylic acids is 1. The van der Waals surface area contributed by atoms with Crippen molar-refractivity contribution in [1.29, 1.82) is 0 Å². The summed E-state index contributed by atoms with van der Waals surface area (Å²) in [6.45, 7) is 0. The summed E-state index contributed by atoms with van der Waals surface area (Å²) < 4.78 is 23.8.